The predicted octanol–water partition coefficient (Wildman–Crippen LogP) is 10.6. The number of aliphatic hydroxyl groups is 5. The predicted molar refractivity (Wildman–Crippen MR) is 249 cm³/mol. The van der Waals surface area contributed by atoms with Crippen LogP contribution < -0.4 is 0 Å². The molecule has 13 heteroatoms. The quantitative estimate of drug-likeness (QED) is 0.0147. The zero-order chi connectivity index (χ0) is 45.5. The van der Waals surface area contributed by atoms with Crippen molar-refractivity contribution in [3.63, 3.8) is 0 Å². The van der Waals surface area contributed by atoms with E-state index >= 15 is 0 Å². The molecule has 12 nitrogen and oxygen atoms in total. The molecule has 1 rings (SSSR count). The topological polar surface area (TPSA) is 192 Å². The Hall–Kier alpha value is -1.44. The van der Waals surface area contributed by atoms with Gasteiger partial charge >= 0.3 is 13.8 Å². The number of aliphatic hydroxyl groups excluding tert-OH is 5. The number of hydrogen-bond donors (Lipinski definition) is 6. The lowest BCUT2D eigenvalue weighted by molar-refractivity contribution is -0.220. The van der Waals surface area contributed by atoms with Crippen molar-refractivity contribution in [3.05, 3.63) is 36.5 Å². The minimum atomic E-state index is -5.02. The molecule has 0 aromatic rings. The number of rotatable bonds is 42. The number of ether oxygens (including phenoxy) is 2. The van der Waals surface area contributed by atoms with E-state index in [0.29, 0.717) is 13.0 Å². The Labute approximate surface area is 376 Å². The summed E-state index contributed by atoms with van der Waals surface area (Å²) in [6, 6.07) is 0. The smallest absolute Gasteiger partial charge is 0.457 e. The van der Waals surface area contributed by atoms with Gasteiger partial charge in [0.15, 0.2) is 0 Å². The molecule has 0 bridgehead atoms. The Morgan fingerprint density at radius 1 is 0.516 bits per heavy atom. The summed E-state index contributed by atoms with van der Waals surface area (Å²) in [7, 11) is -5.02. The molecular weight excluding hydrogens is 812 g/mol. The Balaban J connectivity index is 2.37. The van der Waals surface area contributed by atoms with Crippen molar-refractivity contribution < 1.29 is 58.3 Å². The maximum atomic E-state index is 12.8. The SMILES string of the molecule is CCCCC/C=C\C/C=C\CCCCCCCCOCC(COP(=O)(O)OC1C(O)C(O)C(O)C(O)C1O)OC(=O)CCCCCCCCCCC/C=C\CCCCCCCC. The number of hydrogen-bond acceptors (Lipinski definition) is 11. The second-order valence-corrected chi connectivity index (χ2v) is 18.7. The highest BCUT2D eigenvalue weighted by Gasteiger charge is 2.51. The number of phosphoric ester groups is 1. The van der Waals surface area contributed by atoms with Gasteiger partial charge in [-0.05, 0) is 70.6 Å². The van der Waals surface area contributed by atoms with Gasteiger partial charge in [0.25, 0.3) is 0 Å². The minimum absolute atomic E-state index is 0.0835. The van der Waals surface area contributed by atoms with Crippen LogP contribution >= 0.6 is 7.82 Å². The maximum absolute atomic E-state index is 12.8. The van der Waals surface area contributed by atoms with Gasteiger partial charge in [0.05, 0.1) is 13.2 Å². The molecule has 0 heterocycles. The number of carbonyl (C=O) groups excluding carboxylic acids is 1. The third-order valence-corrected chi connectivity index (χ3v) is 12.5. The van der Waals surface area contributed by atoms with Gasteiger partial charge in [-0.15, -0.1) is 0 Å². The molecule has 0 radical (unpaired) electrons. The van der Waals surface area contributed by atoms with E-state index in [2.05, 4.69) is 50.3 Å². The van der Waals surface area contributed by atoms with E-state index < -0.39 is 63.1 Å². The van der Waals surface area contributed by atoms with Crippen molar-refractivity contribution in [1.29, 1.82) is 0 Å². The van der Waals surface area contributed by atoms with Crippen molar-refractivity contribution >= 4 is 13.8 Å². The van der Waals surface area contributed by atoms with E-state index in [9.17, 15) is 39.8 Å². The normalized spacial score (nSPS) is 22.3. The van der Waals surface area contributed by atoms with E-state index in [-0.39, 0.29) is 13.0 Å². The van der Waals surface area contributed by atoms with Crippen LogP contribution in [0, 0.1) is 0 Å². The van der Waals surface area contributed by atoms with Gasteiger partial charge in [0.1, 0.15) is 42.7 Å². The first kappa shape index (κ1) is 58.6. The lowest BCUT2D eigenvalue weighted by Gasteiger charge is -2.41. The Kier molecular flexibility index (Phi) is 37.7. The molecule has 6 N–H and O–H groups in total. The summed E-state index contributed by atoms with van der Waals surface area (Å²) in [4.78, 5) is 23.2. The molecule has 0 amide bonds. The van der Waals surface area contributed by atoms with Crippen molar-refractivity contribution in [2.24, 2.45) is 0 Å². The zero-order valence-electron chi connectivity index (χ0n) is 38.9. The Bertz CT molecular complexity index is 1170. The van der Waals surface area contributed by atoms with E-state index in [4.69, 9.17) is 18.5 Å². The monoisotopic (exact) mass is 903 g/mol. The standard InChI is InChI=1S/C49H91O12P/c1-3-5-7-9-11-13-15-17-19-21-22-23-24-26-28-30-32-34-36-38-43(50)60-42(41-59-62(56,57)61-49-47(54)45(52)44(51)46(53)48(49)55)40-58-39-37-35-33-31-29-27-25-20-18-16-14-12-10-8-6-4-2/h12,14,17-20,42,44-49,51-55H,3-11,13,15-16,21-41H2,1-2H3,(H,56,57)/b14-12-,19-17-,20-18-. The van der Waals surface area contributed by atoms with Crippen molar-refractivity contribution in [2.45, 2.75) is 249 Å². The van der Waals surface area contributed by atoms with Crippen LogP contribution in [0.5, 0.6) is 0 Å². The largest absolute Gasteiger partial charge is 0.472 e. The average Bonchev–Trinajstić information content (AvgIpc) is 3.26. The average molecular weight is 903 g/mol. The molecule has 1 aliphatic carbocycles. The van der Waals surface area contributed by atoms with Crippen LogP contribution in [0.3, 0.4) is 0 Å². The third kappa shape index (κ3) is 31.4. The molecule has 0 aromatic heterocycles. The molecule has 364 valence electrons. The summed E-state index contributed by atoms with van der Waals surface area (Å²) in [5.74, 6) is -0.482. The Morgan fingerprint density at radius 3 is 1.40 bits per heavy atom. The van der Waals surface area contributed by atoms with Crippen LogP contribution in [0.1, 0.15) is 206 Å². The van der Waals surface area contributed by atoms with Gasteiger partial charge in [-0.2, -0.15) is 0 Å². The van der Waals surface area contributed by atoms with E-state index in [1.807, 2.05) is 0 Å². The maximum Gasteiger partial charge on any atom is 0.472 e. The second-order valence-electron chi connectivity index (χ2n) is 17.3. The second kappa shape index (κ2) is 39.9. The van der Waals surface area contributed by atoms with Crippen molar-refractivity contribution in [2.75, 3.05) is 19.8 Å². The fourth-order valence-corrected chi connectivity index (χ4v) is 8.47. The van der Waals surface area contributed by atoms with Gasteiger partial charge in [0, 0.05) is 13.0 Å². The molecule has 0 aliphatic heterocycles. The number of unbranched alkanes of at least 4 members (excludes halogenated alkanes) is 24. The van der Waals surface area contributed by atoms with Crippen LogP contribution in [0.4, 0.5) is 0 Å². The van der Waals surface area contributed by atoms with Crippen LogP contribution in [0.2, 0.25) is 0 Å². The van der Waals surface area contributed by atoms with Gasteiger partial charge in [-0.1, -0.05) is 166 Å². The molecule has 1 aliphatic rings. The first-order chi connectivity index (χ1) is 30.0. The van der Waals surface area contributed by atoms with Gasteiger partial charge in [-0.3, -0.25) is 13.8 Å². The van der Waals surface area contributed by atoms with Crippen LogP contribution in [-0.2, 0) is 27.9 Å². The van der Waals surface area contributed by atoms with E-state index in [1.165, 1.54) is 122 Å². The van der Waals surface area contributed by atoms with E-state index in [1.54, 1.807) is 0 Å². The summed E-state index contributed by atoms with van der Waals surface area (Å²) < 4.78 is 34.2. The van der Waals surface area contributed by atoms with Crippen LogP contribution in [-0.4, -0.2) is 98.9 Å². The zero-order valence-corrected chi connectivity index (χ0v) is 39.8. The summed E-state index contributed by atoms with van der Waals surface area (Å²) >= 11 is 0. The highest BCUT2D eigenvalue weighted by Crippen LogP contribution is 2.47. The molecular formula is C49H91O12P. The number of allylic oxidation sites excluding steroid dienone is 6. The number of esters is 1. The lowest BCUT2D eigenvalue weighted by Crippen LogP contribution is -2.64. The first-order valence-electron chi connectivity index (χ1n) is 24.8. The summed E-state index contributed by atoms with van der Waals surface area (Å²) in [5, 5.41) is 50.2. The molecule has 0 saturated heterocycles. The highest BCUT2D eigenvalue weighted by atomic mass is 31.2. The molecule has 6 unspecified atom stereocenters. The summed E-state index contributed by atoms with van der Waals surface area (Å²) in [5.41, 5.74) is 0. The number of carbonyl (C=O) groups is 1. The summed E-state index contributed by atoms with van der Waals surface area (Å²) in [6.45, 7) is 4.22. The molecule has 1 fully saturated rings. The fourth-order valence-electron chi connectivity index (χ4n) is 7.50. The van der Waals surface area contributed by atoms with Crippen molar-refractivity contribution in [1.82, 2.24) is 0 Å². The molecule has 1 saturated carbocycles. The van der Waals surface area contributed by atoms with Crippen LogP contribution in [0.15, 0.2) is 36.5 Å². The number of phosphoric acid groups is 1. The fraction of sp³-hybridized carbons (Fsp3) is 0.857. The van der Waals surface area contributed by atoms with Crippen molar-refractivity contribution in [3.8, 4) is 0 Å². The van der Waals surface area contributed by atoms with Gasteiger partial charge < -0.3 is 39.9 Å². The molecule has 0 spiro atoms. The molecule has 0 aromatic carbocycles. The van der Waals surface area contributed by atoms with Gasteiger partial charge in [0.2, 0.25) is 0 Å². The van der Waals surface area contributed by atoms with Gasteiger partial charge in [-0.25, -0.2) is 4.57 Å². The van der Waals surface area contributed by atoms with Crippen LogP contribution in [0.25, 0.3) is 0 Å². The van der Waals surface area contributed by atoms with E-state index in [0.717, 1.165) is 57.8 Å². The highest BCUT2D eigenvalue weighted by molar-refractivity contribution is 7.47. The molecule has 62 heavy (non-hydrogen) atoms. The lowest BCUT2D eigenvalue weighted by atomic mass is 9.85. The minimum Gasteiger partial charge on any atom is -0.457 e. The molecule has 6 atom stereocenters. The first-order valence-corrected chi connectivity index (χ1v) is 26.3. The summed E-state index contributed by atoms with van der Waals surface area (Å²) in [6.07, 6.45) is 34.9. The third-order valence-electron chi connectivity index (χ3n) is 11.5. The Morgan fingerprint density at radius 2 is 0.903 bits per heavy atom.